The van der Waals surface area contributed by atoms with Crippen LogP contribution in [0.15, 0.2) is 24.3 Å². The molecule has 0 fully saturated rings. The number of amides is 1. The molecule has 11 heteroatoms. The smallest absolute Gasteiger partial charge is 0.339 e. The molecule has 0 spiro atoms. The van der Waals surface area contributed by atoms with Crippen LogP contribution in [0.25, 0.3) is 16.0 Å². The first kappa shape index (κ1) is 21.2. The Labute approximate surface area is 179 Å². The Bertz CT molecular complexity index is 1250. The van der Waals surface area contributed by atoms with Gasteiger partial charge in [0.2, 0.25) is 5.91 Å². The molecule has 0 radical (unpaired) electrons. The normalized spacial score (nSPS) is 12.1. The zero-order valence-electron chi connectivity index (χ0n) is 17.1. The number of hydrogen-bond donors (Lipinski definition) is 0. The van der Waals surface area contributed by atoms with E-state index < -0.39 is 12.0 Å². The third-order valence-electron chi connectivity index (χ3n) is 5.03. The number of carbonyl (C=O) groups is 1. The van der Waals surface area contributed by atoms with E-state index in [9.17, 15) is 18.0 Å². The van der Waals surface area contributed by atoms with Gasteiger partial charge in [0.15, 0.2) is 0 Å². The molecular weight excluding hydrogens is 429 g/mol. The molecule has 0 saturated heterocycles. The highest BCUT2D eigenvalue weighted by molar-refractivity contribution is 7.18. The average Bonchev–Trinajstić information content (AvgIpc) is 3.30. The minimum absolute atomic E-state index is 0.0901. The highest BCUT2D eigenvalue weighted by Crippen LogP contribution is 2.27. The van der Waals surface area contributed by atoms with E-state index in [4.69, 9.17) is 0 Å². The summed E-state index contributed by atoms with van der Waals surface area (Å²) in [6, 6.07) is 7.78. The van der Waals surface area contributed by atoms with Gasteiger partial charge in [-0.15, -0.1) is 16.4 Å². The second-order valence-electron chi connectivity index (χ2n) is 7.23. The van der Waals surface area contributed by atoms with Gasteiger partial charge >= 0.3 is 6.18 Å². The summed E-state index contributed by atoms with van der Waals surface area (Å²) in [5.41, 5.74) is 2.62. The van der Waals surface area contributed by atoms with Crippen LogP contribution in [0, 0.1) is 13.8 Å². The molecule has 0 atom stereocenters. The largest absolute Gasteiger partial charge is 0.453 e. The van der Waals surface area contributed by atoms with Crippen molar-refractivity contribution in [3.8, 4) is 0 Å². The van der Waals surface area contributed by atoms with Crippen LogP contribution in [0.3, 0.4) is 0 Å². The fraction of sp³-hybridized carbons (Fsp3) is 0.350. The summed E-state index contributed by atoms with van der Waals surface area (Å²) in [6.07, 6.45) is -4.12. The lowest BCUT2D eigenvalue weighted by Crippen LogP contribution is -2.26. The molecule has 3 heterocycles. The highest BCUT2D eigenvalue weighted by atomic mass is 32.1. The quantitative estimate of drug-likeness (QED) is 0.462. The number of benzene rings is 1. The standard InChI is InChI=1S/C20H19F3N6OS/c1-11-13(12(2)29-19(24-11)26-18(27-29)20(21,22)23)8-9-17(30)28(3)10-16-25-14-6-4-5-7-15(14)31-16/h4-7H,8-10H2,1-3H3. The second kappa shape index (κ2) is 7.88. The molecule has 1 aromatic carbocycles. The number of alkyl halides is 3. The van der Waals surface area contributed by atoms with Gasteiger partial charge in [-0.2, -0.15) is 18.2 Å². The molecule has 0 aliphatic rings. The van der Waals surface area contributed by atoms with Crippen LogP contribution in [0.4, 0.5) is 13.2 Å². The highest BCUT2D eigenvalue weighted by Gasteiger charge is 2.37. The Kier molecular flexibility index (Phi) is 5.38. The Balaban J connectivity index is 1.48. The summed E-state index contributed by atoms with van der Waals surface area (Å²) in [7, 11) is 1.71. The Hall–Kier alpha value is -3.08. The first-order chi connectivity index (χ1) is 14.6. The van der Waals surface area contributed by atoms with E-state index in [1.807, 2.05) is 24.3 Å². The van der Waals surface area contributed by atoms with Crippen molar-refractivity contribution in [2.75, 3.05) is 7.05 Å². The number of rotatable bonds is 5. The summed E-state index contributed by atoms with van der Waals surface area (Å²) < 4.78 is 40.9. The maximum absolute atomic E-state index is 12.9. The molecule has 0 N–H and O–H groups in total. The molecule has 0 bridgehead atoms. The minimum atomic E-state index is -4.65. The average molecular weight is 448 g/mol. The number of halogens is 3. The maximum atomic E-state index is 12.9. The van der Waals surface area contributed by atoms with Crippen LogP contribution in [0.1, 0.15) is 34.2 Å². The Morgan fingerprint density at radius 1 is 1.16 bits per heavy atom. The molecule has 4 rings (SSSR count). The van der Waals surface area contributed by atoms with Crippen molar-refractivity contribution in [1.29, 1.82) is 0 Å². The lowest BCUT2D eigenvalue weighted by atomic mass is 10.1. The van der Waals surface area contributed by atoms with E-state index in [-0.39, 0.29) is 18.1 Å². The lowest BCUT2D eigenvalue weighted by Gasteiger charge is -2.16. The van der Waals surface area contributed by atoms with Gasteiger partial charge in [0.25, 0.3) is 11.6 Å². The van der Waals surface area contributed by atoms with Gasteiger partial charge < -0.3 is 4.90 Å². The van der Waals surface area contributed by atoms with E-state index in [0.717, 1.165) is 19.7 Å². The van der Waals surface area contributed by atoms with Crippen LogP contribution in [0.2, 0.25) is 0 Å². The number of para-hydroxylation sites is 1. The molecule has 31 heavy (non-hydrogen) atoms. The minimum Gasteiger partial charge on any atom is -0.339 e. The zero-order chi connectivity index (χ0) is 22.3. The molecule has 0 aliphatic carbocycles. The van der Waals surface area contributed by atoms with Gasteiger partial charge in [-0.05, 0) is 38.0 Å². The number of hydrogen-bond acceptors (Lipinski definition) is 6. The second-order valence-corrected chi connectivity index (χ2v) is 8.35. The van der Waals surface area contributed by atoms with E-state index in [2.05, 4.69) is 20.1 Å². The summed E-state index contributed by atoms with van der Waals surface area (Å²) in [5.74, 6) is -1.43. The number of aryl methyl sites for hydroxylation is 2. The predicted octanol–water partition coefficient (Wildman–Crippen LogP) is 3.96. The van der Waals surface area contributed by atoms with Crippen molar-refractivity contribution < 1.29 is 18.0 Å². The summed E-state index contributed by atoms with van der Waals surface area (Å²) in [4.78, 5) is 26.4. The molecule has 7 nitrogen and oxygen atoms in total. The zero-order valence-corrected chi connectivity index (χ0v) is 17.9. The number of aromatic nitrogens is 5. The van der Waals surface area contributed by atoms with E-state index in [1.165, 1.54) is 0 Å². The molecule has 162 valence electrons. The Morgan fingerprint density at radius 3 is 2.61 bits per heavy atom. The fourth-order valence-corrected chi connectivity index (χ4v) is 4.41. The topological polar surface area (TPSA) is 76.3 Å². The third kappa shape index (κ3) is 4.22. The third-order valence-corrected chi connectivity index (χ3v) is 6.05. The summed E-state index contributed by atoms with van der Waals surface area (Å²) >= 11 is 1.54. The van der Waals surface area contributed by atoms with Crippen molar-refractivity contribution in [2.24, 2.45) is 0 Å². The maximum Gasteiger partial charge on any atom is 0.453 e. The van der Waals surface area contributed by atoms with Crippen molar-refractivity contribution in [2.45, 2.75) is 39.4 Å². The summed E-state index contributed by atoms with van der Waals surface area (Å²) in [6.45, 7) is 3.74. The van der Waals surface area contributed by atoms with Crippen molar-refractivity contribution >= 4 is 33.2 Å². The van der Waals surface area contributed by atoms with Gasteiger partial charge in [0, 0.05) is 24.9 Å². The molecule has 0 aliphatic heterocycles. The fourth-order valence-electron chi connectivity index (χ4n) is 3.39. The molecule has 1 amide bonds. The lowest BCUT2D eigenvalue weighted by molar-refractivity contribution is -0.144. The van der Waals surface area contributed by atoms with Gasteiger partial charge in [0.1, 0.15) is 5.01 Å². The SMILES string of the molecule is Cc1nc2nc(C(F)(F)F)nn2c(C)c1CCC(=O)N(C)Cc1nc2ccccc2s1. The predicted molar refractivity (Wildman–Crippen MR) is 110 cm³/mol. The van der Waals surface area contributed by atoms with Crippen molar-refractivity contribution in [1.82, 2.24) is 29.5 Å². The molecule has 0 unspecified atom stereocenters. The number of thiazole rings is 1. The molecular formula is C20H19F3N6OS. The molecule has 3 aromatic heterocycles. The van der Waals surface area contributed by atoms with Crippen LogP contribution in [-0.2, 0) is 23.9 Å². The first-order valence-corrected chi connectivity index (χ1v) is 10.3. The number of fused-ring (bicyclic) bond motifs is 2. The Morgan fingerprint density at radius 2 is 1.90 bits per heavy atom. The van der Waals surface area contributed by atoms with Gasteiger partial charge in [0.05, 0.1) is 16.8 Å². The van der Waals surface area contributed by atoms with Crippen LogP contribution in [-0.4, -0.2) is 42.4 Å². The van der Waals surface area contributed by atoms with Crippen LogP contribution in [0.5, 0.6) is 0 Å². The number of carbonyl (C=O) groups excluding carboxylic acids is 1. The van der Waals surface area contributed by atoms with Crippen LogP contribution < -0.4 is 0 Å². The summed E-state index contributed by atoms with van der Waals surface area (Å²) in [5, 5.41) is 4.38. The monoisotopic (exact) mass is 448 g/mol. The van der Waals surface area contributed by atoms with E-state index in [0.29, 0.717) is 29.9 Å². The van der Waals surface area contributed by atoms with E-state index >= 15 is 0 Å². The van der Waals surface area contributed by atoms with Gasteiger partial charge in [-0.25, -0.2) is 14.5 Å². The van der Waals surface area contributed by atoms with E-state index in [1.54, 1.807) is 37.1 Å². The van der Waals surface area contributed by atoms with Gasteiger partial charge in [-0.3, -0.25) is 4.79 Å². The van der Waals surface area contributed by atoms with Crippen LogP contribution >= 0.6 is 11.3 Å². The first-order valence-electron chi connectivity index (χ1n) is 9.52. The van der Waals surface area contributed by atoms with Gasteiger partial charge in [-0.1, -0.05) is 12.1 Å². The van der Waals surface area contributed by atoms with Crippen molar-refractivity contribution in [3.05, 3.63) is 52.0 Å². The molecule has 0 saturated carbocycles. The number of nitrogens with zero attached hydrogens (tertiary/aromatic N) is 6. The molecule has 4 aromatic rings. The van der Waals surface area contributed by atoms with Crippen molar-refractivity contribution in [3.63, 3.8) is 0 Å².